The van der Waals surface area contributed by atoms with Crippen LogP contribution in [0.2, 0.25) is 0 Å². The summed E-state index contributed by atoms with van der Waals surface area (Å²) in [4.78, 5) is 32.8. The third kappa shape index (κ3) is 6.18. The van der Waals surface area contributed by atoms with Crippen LogP contribution in [0.1, 0.15) is 29.2 Å². The first-order valence-corrected chi connectivity index (χ1v) is 14.1. The summed E-state index contributed by atoms with van der Waals surface area (Å²) in [5, 5.41) is 11.0. The van der Waals surface area contributed by atoms with E-state index >= 15 is 0 Å². The van der Waals surface area contributed by atoms with E-state index in [2.05, 4.69) is 9.88 Å². The van der Waals surface area contributed by atoms with Crippen molar-refractivity contribution < 1.29 is 18.8 Å². The number of nitro groups is 1. The van der Waals surface area contributed by atoms with Crippen LogP contribution < -0.4 is 9.64 Å². The molecule has 43 heavy (non-hydrogen) atoms. The van der Waals surface area contributed by atoms with Gasteiger partial charge in [0, 0.05) is 68.7 Å². The molecular weight excluding hydrogens is 549 g/mol. The molecule has 0 bridgehead atoms. The average Bonchev–Trinajstić information content (AvgIpc) is 3.47. The van der Waals surface area contributed by atoms with Gasteiger partial charge in [-0.3, -0.25) is 14.9 Å². The summed E-state index contributed by atoms with van der Waals surface area (Å²) in [5.41, 5.74) is 4.04. The fraction of sp³-hybridized carbons (Fsp3) is 0.212. The Bertz CT molecular complexity index is 1730. The van der Waals surface area contributed by atoms with Crippen molar-refractivity contribution in [2.24, 2.45) is 0 Å². The molecule has 6 rings (SSSR count). The fourth-order valence-electron chi connectivity index (χ4n) is 5.53. The Morgan fingerprint density at radius 1 is 0.953 bits per heavy atom. The number of amides is 1. The van der Waals surface area contributed by atoms with Crippen LogP contribution >= 0.6 is 0 Å². The summed E-state index contributed by atoms with van der Waals surface area (Å²) in [6, 6.07) is 26.4. The number of fused-ring (bicyclic) bond motifs is 1. The van der Waals surface area contributed by atoms with E-state index in [1.807, 2.05) is 64.0 Å². The number of hydrogen-bond donors (Lipinski definition) is 0. The zero-order chi connectivity index (χ0) is 29.8. The number of pyridine rings is 1. The molecule has 3 aromatic carbocycles. The Morgan fingerprint density at radius 2 is 1.72 bits per heavy atom. The molecular formula is C33H30FN5O4. The van der Waals surface area contributed by atoms with Gasteiger partial charge in [-0.15, -0.1) is 0 Å². The molecule has 218 valence electrons. The van der Waals surface area contributed by atoms with Gasteiger partial charge in [0.1, 0.15) is 12.4 Å². The highest BCUT2D eigenvalue weighted by Gasteiger charge is 2.28. The second-order valence-electron chi connectivity index (χ2n) is 10.5. The lowest BCUT2D eigenvalue weighted by molar-refractivity contribution is -0.384. The van der Waals surface area contributed by atoms with Crippen molar-refractivity contribution in [2.75, 3.05) is 31.1 Å². The molecule has 0 radical (unpaired) electrons. The predicted octanol–water partition coefficient (Wildman–Crippen LogP) is 5.83. The van der Waals surface area contributed by atoms with Gasteiger partial charge in [0.15, 0.2) is 11.4 Å². The second kappa shape index (κ2) is 12.3. The van der Waals surface area contributed by atoms with Gasteiger partial charge < -0.3 is 18.9 Å². The Kier molecular flexibility index (Phi) is 7.99. The number of nitro benzene ring substituents is 1. The number of carbonyl (C=O) groups is 1. The molecule has 10 heteroatoms. The van der Waals surface area contributed by atoms with Crippen molar-refractivity contribution in [3.05, 3.63) is 136 Å². The first-order valence-electron chi connectivity index (χ1n) is 14.1. The number of carbonyl (C=O) groups excluding carboxylic acids is 1. The van der Waals surface area contributed by atoms with Crippen molar-refractivity contribution in [3.63, 3.8) is 0 Å². The van der Waals surface area contributed by atoms with E-state index in [1.54, 1.807) is 24.4 Å². The van der Waals surface area contributed by atoms with Gasteiger partial charge in [0.05, 0.1) is 10.6 Å². The SMILES string of the molecule is O=C(CC(c1cccc(F)c1)c1cnc2c(OCc3ccccc3)cccn12)N1CCN(c2ccc([N+](=O)[O-])cc2)CC1. The minimum absolute atomic E-state index is 0.0379. The molecule has 1 fully saturated rings. The summed E-state index contributed by atoms with van der Waals surface area (Å²) in [7, 11) is 0. The second-order valence-corrected chi connectivity index (χ2v) is 10.5. The predicted molar refractivity (Wildman–Crippen MR) is 161 cm³/mol. The Labute approximate surface area is 247 Å². The van der Waals surface area contributed by atoms with Crippen molar-refractivity contribution in [3.8, 4) is 5.75 Å². The quantitative estimate of drug-likeness (QED) is 0.161. The summed E-state index contributed by atoms with van der Waals surface area (Å²) in [6.07, 6.45) is 3.76. The molecule has 0 spiro atoms. The number of aromatic nitrogens is 2. The first-order chi connectivity index (χ1) is 21.0. The van der Waals surface area contributed by atoms with Gasteiger partial charge in [-0.2, -0.15) is 0 Å². The Balaban J connectivity index is 1.21. The van der Waals surface area contributed by atoms with Gasteiger partial charge in [-0.1, -0.05) is 42.5 Å². The number of nitrogens with zero attached hydrogens (tertiary/aromatic N) is 5. The largest absolute Gasteiger partial charge is 0.485 e. The van der Waals surface area contributed by atoms with E-state index in [1.165, 1.54) is 24.3 Å². The highest BCUT2D eigenvalue weighted by molar-refractivity contribution is 5.78. The molecule has 5 aromatic rings. The first kappa shape index (κ1) is 27.9. The average molecular weight is 580 g/mol. The molecule has 1 amide bonds. The molecule has 2 aromatic heterocycles. The van der Waals surface area contributed by atoms with E-state index in [9.17, 15) is 19.3 Å². The number of imidazole rings is 1. The van der Waals surface area contributed by atoms with Gasteiger partial charge in [0.25, 0.3) is 5.69 Å². The summed E-state index contributed by atoms with van der Waals surface area (Å²) in [6.45, 7) is 2.62. The van der Waals surface area contributed by atoms with E-state index in [-0.39, 0.29) is 23.8 Å². The Hall–Kier alpha value is -5.25. The molecule has 0 aliphatic carbocycles. The number of hydrogen-bond acceptors (Lipinski definition) is 6. The highest BCUT2D eigenvalue weighted by atomic mass is 19.1. The normalized spacial score (nSPS) is 14.1. The van der Waals surface area contributed by atoms with Gasteiger partial charge in [-0.05, 0) is 47.5 Å². The standard InChI is InChI=1S/C33H30FN5O4/c34-26-9-4-8-25(20-26)29(21-32(40)37-18-16-36(17-19-37)27-11-13-28(14-12-27)39(41)42)30-22-35-33-31(10-5-15-38(30)33)43-23-24-6-2-1-3-7-24/h1-15,20,22,29H,16-19,21,23H2. The van der Waals surface area contributed by atoms with E-state index in [0.29, 0.717) is 49.7 Å². The Morgan fingerprint density at radius 3 is 2.44 bits per heavy atom. The lowest BCUT2D eigenvalue weighted by atomic mass is 9.92. The fourth-order valence-corrected chi connectivity index (χ4v) is 5.53. The van der Waals surface area contributed by atoms with Crippen LogP contribution in [0.15, 0.2) is 103 Å². The van der Waals surface area contributed by atoms with Gasteiger partial charge in [-0.25, -0.2) is 9.37 Å². The third-order valence-corrected chi connectivity index (χ3v) is 7.81. The number of piperazine rings is 1. The number of rotatable bonds is 9. The van der Waals surface area contributed by atoms with Crippen LogP contribution in [-0.2, 0) is 11.4 Å². The van der Waals surface area contributed by atoms with Crippen LogP contribution in [0.3, 0.4) is 0 Å². The number of benzene rings is 3. The van der Waals surface area contributed by atoms with Crippen LogP contribution in [-0.4, -0.2) is 51.3 Å². The third-order valence-electron chi connectivity index (χ3n) is 7.81. The summed E-state index contributed by atoms with van der Waals surface area (Å²) in [5.74, 6) is -0.226. The van der Waals surface area contributed by atoms with Crippen molar-refractivity contribution in [1.82, 2.24) is 14.3 Å². The minimum atomic E-state index is -0.435. The number of ether oxygens (including phenoxy) is 1. The molecule has 1 saturated heterocycles. The van der Waals surface area contributed by atoms with Crippen LogP contribution in [0.25, 0.3) is 5.65 Å². The molecule has 1 unspecified atom stereocenters. The van der Waals surface area contributed by atoms with E-state index in [0.717, 1.165) is 16.9 Å². The molecule has 0 saturated carbocycles. The van der Waals surface area contributed by atoms with Crippen molar-refractivity contribution >= 4 is 22.9 Å². The summed E-state index contributed by atoms with van der Waals surface area (Å²) < 4.78 is 22.4. The van der Waals surface area contributed by atoms with Crippen LogP contribution in [0, 0.1) is 15.9 Å². The maximum atomic E-state index is 14.4. The van der Waals surface area contributed by atoms with Crippen LogP contribution in [0.5, 0.6) is 5.75 Å². The topological polar surface area (TPSA) is 93.2 Å². The maximum Gasteiger partial charge on any atom is 0.269 e. The van der Waals surface area contributed by atoms with Crippen LogP contribution in [0.4, 0.5) is 15.8 Å². The minimum Gasteiger partial charge on any atom is -0.485 e. The van der Waals surface area contributed by atoms with Gasteiger partial charge in [0.2, 0.25) is 5.91 Å². The summed E-state index contributed by atoms with van der Waals surface area (Å²) >= 11 is 0. The number of halogens is 1. The molecule has 3 heterocycles. The molecule has 0 N–H and O–H groups in total. The van der Waals surface area contributed by atoms with Crippen molar-refractivity contribution in [2.45, 2.75) is 18.9 Å². The number of non-ortho nitro benzene ring substituents is 1. The molecule has 1 atom stereocenters. The van der Waals surface area contributed by atoms with Crippen molar-refractivity contribution in [1.29, 1.82) is 0 Å². The zero-order valence-electron chi connectivity index (χ0n) is 23.4. The molecule has 9 nitrogen and oxygen atoms in total. The highest BCUT2D eigenvalue weighted by Crippen LogP contribution is 2.32. The van der Waals surface area contributed by atoms with E-state index < -0.39 is 10.8 Å². The lowest BCUT2D eigenvalue weighted by Crippen LogP contribution is -2.49. The zero-order valence-corrected chi connectivity index (χ0v) is 23.4. The lowest BCUT2D eigenvalue weighted by Gasteiger charge is -2.36. The number of anilines is 1. The smallest absolute Gasteiger partial charge is 0.269 e. The maximum absolute atomic E-state index is 14.4. The van der Waals surface area contributed by atoms with E-state index in [4.69, 9.17) is 4.74 Å². The monoisotopic (exact) mass is 579 g/mol. The molecule has 1 aliphatic heterocycles. The van der Waals surface area contributed by atoms with Gasteiger partial charge >= 0.3 is 0 Å². The molecule has 1 aliphatic rings.